The predicted octanol–water partition coefficient (Wildman–Crippen LogP) is 4.25. The molecule has 6 nitrogen and oxygen atoms in total. The average molecular weight is 451 g/mol. The van der Waals surface area contributed by atoms with Gasteiger partial charge in [-0.25, -0.2) is 0 Å². The molecule has 32 heavy (non-hydrogen) atoms. The molecule has 2 aliphatic heterocycles. The first-order valence-corrected chi connectivity index (χ1v) is 11.3. The molecule has 1 N–H and O–H groups in total. The Kier molecular flexibility index (Phi) is 5.95. The van der Waals surface area contributed by atoms with Gasteiger partial charge in [0.15, 0.2) is 5.11 Å². The normalized spacial score (nSPS) is 21.7. The highest BCUT2D eigenvalue weighted by atomic mass is 32.1. The van der Waals surface area contributed by atoms with Crippen molar-refractivity contribution in [1.82, 2.24) is 15.2 Å². The molecule has 0 unspecified atom stereocenters. The van der Waals surface area contributed by atoms with Crippen molar-refractivity contribution in [3.05, 3.63) is 65.5 Å². The van der Waals surface area contributed by atoms with Crippen LogP contribution in [0.15, 0.2) is 48.7 Å². The van der Waals surface area contributed by atoms with Crippen LogP contribution in [0.25, 0.3) is 5.57 Å². The molecule has 2 atom stereocenters. The van der Waals surface area contributed by atoms with Gasteiger partial charge in [0, 0.05) is 24.5 Å². The first-order chi connectivity index (χ1) is 15.2. The second-order valence-corrected chi connectivity index (χ2v) is 9.26. The maximum Gasteiger partial charge on any atom is 0.325 e. The summed E-state index contributed by atoms with van der Waals surface area (Å²) in [6, 6.07) is 12.0. The van der Waals surface area contributed by atoms with Crippen LogP contribution < -0.4 is 10.2 Å². The monoisotopic (exact) mass is 450 g/mol. The summed E-state index contributed by atoms with van der Waals surface area (Å²) in [4.78, 5) is 21.2. The zero-order valence-corrected chi connectivity index (χ0v) is 20.1. The lowest BCUT2D eigenvalue weighted by molar-refractivity contribution is -0.143. The van der Waals surface area contributed by atoms with Crippen LogP contribution in [0.1, 0.15) is 56.6 Å². The van der Waals surface area contributed by atoms with Crippen molar-refractivity contribution >= 4 is 34.6 Å². The molecule has 1 saturated heterocycles. The number of nitrogens with zero attached hydrogens (tertiary/aromatic N) is 3. The predicted molar refractivity (Wildman–Crippen MR) is 131 cm³/mol. The average Bonchev–Trinajstić information content (AvgIpc) is 3.08. The van der Waals surface area contributed by atoms with Crippen LogP contribution in [0.3, 0.4) is 0 Å². The molecule has 0 radical (unpaired) electrons. The minimum absolute atomic E-state index is 0.0540. The Morgan fingerprint density at radius 3 is 2.75 bits per heavy atom. The van der Waals surface area contributed by atoms with Gasteiger partial charge in [-0.2, -0.15) is 0 Å². The van der Waals surface area contributed by atoms with E-state index in [0.29, 0.717) is 11.7 Å². The molecule has 4 rings (SSSR count). The highest BCUT2D eigenvalue weighted by molar-refractivity contribution is 7.80. The number of carbonyl (C=O) groups excluding carboxylic acids is 1. The second kappa shape index (κ2) is 8.54. The lowest BCUT2D eigenvalue weighted by Gasteiger charge is -2.41. The maximum atomic E-state index is 12.4. The van der Waals surface area contributed by atoms with Crippen LogP contribution >= 0.6 is 12.2 Å². The van der Waals surface area contributed by atoms with Crippen molar-refractivity contribution in [1.29, 1.82) is 0 Å². The molecule has 0 bridgehead atoms. The molecule has 3 heterocycles. The number of allylic oxidation sites excluding steroid dienone is 1. The fourth-order valence-corrected chi connectivity index (χ4v) is 4.95. The van der Waals surface area contributed by atoms with Gasteiger partial charge in [-0.1, -0.05) is 18.2 Å². The Bertz CT molecular complexity index is 1070. The number of nitrogens with one attached hydrogen (secondary N) is 1. The topological polar surface area (TPSA) is 57.7 Å². The minimum atomic E-state index is -0.293. The maximum absolute atomic E-state index is 12.4. The summed E-state index contributed by atoms with van der Waals surface area (Å²) in [5, 5.41) is 3.92. The number of hydrogen-bond acceptors (Lipinski definition) is 5. The summed E-state index contributed by atoms with van der Waals surface area (Å²) in [6.07, 6.45) is 4.07. The van der Waals surface area contributed by atoms with Crippen molar-refractivity contribution in [2.24, 2.45) is 0 Å². The zero-order valence-electron chi connectivity index (χ0n) is 19.3. The van der Waals surface area contributed by atoms with E-state index in [1.165, 1.54) is 16.8 Å². The molecule has 2 aromatic rings. The smallest absolute Gasteiger partial charge is 0.325 e. The van der Waals surface area contributed by atoms with Gasteiger partial charge in [-0.15, -0.1) is 0 Å². The molecular weight excluding hydrogens is 420 g/mol. The van der Waals surface area contributed by atoms with E-state index in [2.05, 4.69) is 67.3 Å². The number of thiocarbonyl (C=S) groups is 1. The van der Waals surface area contributed by atoms with Gasteiger partial charge in [-0.3, -0.25) is 9.78 Å². The van der Waals surface area contributed by atoms with Gasteiger partial charge >= 0.3 is 5.97 Å². The Labute approximate surface area is 195 Å². The number of ether oxygens (including phenoxy) is 1. The fourth-order valence-electron chi connectivity index (χ4n) is 4.65. The number of fused-ring (bicyclic) bond motifs is 1. The van der Waals surface area contributed by atoms with Crippen molar-refractivity contribution in [3.8, 4) is 0 Å². The summed E-state index contributed by atoms with van der Waals surface area (Å²) in [5.41, 5.74) is 5.54. The summed E-state index contributed by atoms with van der Waals surface area (Å²) < 4.78 is 5.22. The van der Waals surface area contributed by atoms with Gasteiger partial charge in [0.05, 0.1) is 29.9 Å². The van der Waals surface area contributed by atoms with E-state index in [4.69, 9.17) is 17.0 Å². The third kappa shape index (κ3) is 3.97. The number of carbonyl (C=O) groups is 1. The van der Waals surface area contributed by atoms with Gasteiger partial charge in [0.2, 0.25) is 0 Å². The molecule has 2 aliphatic rings. The van der Waals surface area contributed by atoms with Crippen molar-refractivity contribution < 1.29 is 9.53 Å². The number of benzene rings is 1. The van der Waals surface area contributed by atoms with Crippen LogP contribution in [0, 0.1) is 0 Å². The van der Waals surface area contributed by atoms with Gasteiger partial charge < -0.3 is 19.9 Å². The lowest BCUT2D eigenvalue weighted by Crippen LogP contribution is -2.42. The van der Waals surface area contributed by atoms with E-state index in [9.17, 15) is 4.79 Å². The quantitative estimate of drug-likeness (QED) is 0.540. The molecule has 168 valence electrons. The standard InChI is InChI=1S/C25H30N4O2S/c1-6-31-21(30)15-29-23(22(27-24(29)32)19-9-7-8-12-26-19)17-10-11-20-18(13-17)16(2)14-25(3,4)28(20)5/h7-14,22-23H,6,15H2,1-5H3,(H,27,32)/t22-,23+/m1/s1. The van der Waals surface area contributed by atoms with Crippen molar-refractivity contribution in [3.63, 3.8) is 0 Å². The molecule has 0 amide bonds. The Morgan fingerprint density at radius 2 is 2.06 bits per heavy atom. The van der Waals surface area contributed by atoms with Crippen LogP contribution in [0.2, 0.25) is 0 Å². The van der Waals surface area contributed by atoms with Crippen molar-refractivity contribution in [2.45, 2.75) is 45.3 Å². The zero-order chi connectivity index (χ0) is 23.0. The van der Waals surface area contributed by atoms with Crippen LogP contribution in [-0.4, -0.2) is 46.7 Å². The Balaban J connectivity index is 1.78. The third-order valence-corrected chi connectivity index (χ3v) is 6.74. The van der Waals surface area contributed by atoms with E-state index < -0.39 is 0 Å². The molecule has 0 saturated carbocycles. The number of aromatic nitrogens is 1. The van der Waals surface area contributed by atoms with E-state index in [-0.39, 0.29) is 30.1 Å². The molecule has 1 fully saturated rings. The first-order valence-electron chi connectivity index (χ1n) is 10.9. The van der Waals surface area contributed by atoms with Gasteiger partial charge in [-0.05, 0) is 75.3 Å². The van der Waals surface area contributed by atoms with Gasteiger partial charge in [0.25, 0.3) is 0 Å². The number of esters is 1. The van der Waals surface area contributed by atoms with Crippen LogP contribution in [-0.2, 0) is 9.53 Å². The number of pyridine rings is 1. The second-order valence-electron chi connectivity index (χ2n) is 8.88. The third-order valence-electron chi connectivity index (χ3n) is 6.39. The summed E-state index contributed by atoms with van der Waals surface area (Å²) in [7, 11) is 2.12. The number of hydrogen-bond donors (Lipinski definition) is 1. The molecule has 0 aliphatic carbocycles. The lowest BCUT2D eigenvalue weighted by atomic mass is 9.86. The Hall–Kier alpha value is -2.93. The molecule has 7 heteroatoms. The van der Waals surface area contributed by atoms with Crippen LogP contribution in [0.5, 0.6) is 0 Å². The summed E-state index contributed by atoms with van der Waals surface area (Å²) in [5.74, 6) is -0.293. The molecular formula is C25H30N4O2S. The SMILES string of the molecule is CCOC(=O)CN1C(=S)N[C@H](c2ccccn2)[C@@H]1c1ccc2c(c1)C(C)=CC(C)(C)N2C. The molecule has 1 aromatic carbocycles. The molecule has 1 aromatic heterocycles. The first kappa shape index (κ1) is 22.3. The minimum Gasteiger partial charge on any atom is -0.465 e. The number of rotatable bonds is 5. The summed E-state index contributed by atoms with van der Waals surface area (Å²) in [6.45, 7) is 8.82. The number of anilines is 1. The van der Waals surface area contributed by atoms with Crippen LogP contribution in [0.4, 0.5) is 5.69 Å². The summed E-state index contributed by atoms with van der Waals surface area (Å²) >= 11 is 5.65. The highest BCUT2D eigenvalue weighted by Crippen LogP contribution is 2.43. The number of likely N-dealkylation sites (N-methyl/N-ethyl adjacent to an activating group) is 1. The van der Waals surface area contributed by atoms with Gasteiger partial charge in [0.1, 0.15) is 6.54 Å². The highest BCUT2D eigenvalue weighted by Gasteiger charge is 2.41. The fraction of sp³-hybridized carbons (Fsp3) is 0.400. The van der Waals surface area contributed by atoms with E-state index in [0.717, 1.165) is 11.3 Å². The van der Waals surface area contributed by atoms with E-state index in [1.54, 1.807) is 6.20 Å². The van der Waals surface area contributed by atoms with E-state index in [1.807, 2.05) is 30.0 Å². The van der Waals surface area contributed by atoms with Crippen molar-refractivity contribution in [2.75, 3.05) is 25.1 Å². The Morgan fingerprint density at radius 1 is 1.28 bits per heavy atom. The van der Waals surface area contributed by atoms with E-state index >= 15 is 0 Å². The molecule has 0 spiro atoms. The largest absolute Gasteiger partial charge is 0.465 e.